The van der Waals surface area contributed by atoms with Crippen molar-refractivity contribution in [2.45, 2.75) is 193 Å². The number of halogens is 1. The van der Waals surface area contributed by atoms with Gasteiger partial charge in [-0.25, -0.2) is 40.7 Å². The molecule has 0 aromatic heterocycles. The average Bonchev–Trinajstić information content (AvgIpc) is 1.93. The first-order valence-electron chi connectivity index (χ1n) is 28.1. The van der Waals surface area contributed by atoms with Crippen molar-refractivity contribution in [1.82, 2.24) is 45.8 Å². The number of piperidine rings is 2. The largest absolute Gasteiger partial charge is 0.480 e. The number of urea groups is 2. The fraction of sp³-hybridized carbons (Fsp3) is 0.655. The van der Waals surface area contributed by atoms with Gasteiger partial charge in [0.2, 0.25) is 17.7 Å². The highest BCUT2D eigenvalue weighted by Crippen LogP contribution is 2.66. The number of nitrogens with zero attached hydrogens (tertiary/aromatic N) is 2. The number of sulfonamides is 2. The van der Waals surface area contributed by atoms with Crippen LogP contribution in [0.4, 0.5) is 9.59 Å². The Morgan fingerprint density at radius 1 is 0.560 bits per heavy atom. The number of amides is 9. The van der Waals surface area contributed by atoms with E-state index in [1.807, 2.05) is 102 Å². The van der Waals surface area contributed by atoms with Crippen LogP contribution in [-0.2, 0) is 48.8 Å². The van der Waals surface area contributed by atoms with E-state index in [2.05, 4.69) is 45.2 Å². The van der Waals surface area contributed by atoms with Gasteiger partial charge in [-0.15, -0.1) is 12.4 Å². The number of nitrogens with two attached hydrogens (primary N) is 1. The van der Waals surface area contributed by atoms with Crippen molar-refractivity contribution in [2.24, 2.45) is 51.1 Å². The lowest BCUT2D eigenvalue weighted by atomic mass is 9.85. The molecule has 6 fully saturated rings. The molecule has 468 valence electrons. The molecule has 6 aliphatic rings. The second kappa shape index (κ2) is 23.7. The third-order valence-electron chi connectivity index (χ3n) is 16.6. The van der Waals surface area contributed by atoms with E-state index in [9.17, 15) is 60.3 Å². The Bertz CT molecular complexity index is 3090. The van der Waals surface area contributed by atoms with Gasteiger partial charge in [-0.3, -0.25) is 24.0 Å². The van der Waals surface area contributed by atoms with E-state index in [1.165, 1.54) is 34.1 Å². The van der Waals surface area contributed by atoms with Gasteiger partial charge in [0.05, 0.1) is 15.3 Å². The lowest BCUT2D eigenvalue weighted by Crippen LogP contribution is -2.62. The number of fused-ring (bicyclic) bond motifs is 2. The van der Waals surface area contributed by atoms with Crippen molar-refractivity contribution >= 4 is 80.0 Å². The van der Waals surface area contributed by atoms with Gasteiger partial charge >= 0.3 is 18.0 Å². The Labute approximate surface area is 501 Å². The number of carbonyl (C=O) groups excluding carboxylic acids is 7. The Morgan fingerprint density at radius 2 is 0.905 bits per heavy atom. The van der Waals surface area contributed by atoms with Crippen LogP contribution in [0.25, 0.3) is 0 Å². The maximum atomic E-state index is 14.0. The summed E-state index contributed by atoms with van der Waals surface area (Å²) in [4.78, 5) is 106. The summed E-state index contributed by atoms with van der Waals surface area (Å²) in [6.07, 6.45) is 1.63. The maximum absolute atomic E-state index is 14.0. The van der Waals surface area contributed by atoms with E-state index >= 15 is 0 Å². The standard InChI is InChI=1S/C29H43N5O6S.C19H33N3O4.C10H12N2O3S.ClH/c1-26(2,3)21(30-25(38)32-27(4,5)6)23(36)34-16-18-19(28(18,7)8)20(34)22(35)31-29(14-15-29)24(37)33-41(39,40)17-12-10-9-11-13-17;1-17(2,3)13(20-16(26)21-18(4,5)6)14(23)22-9-10-11(19(10,7)8)12(22)15(24)25;11-10(6-7-10)9(13)12-16(14,15)8-4-2-1-3-5-8;/h9-13,18-21H,14-16H2,1-8H3,(H,31,35)(H,33,37)(H2,30,32,38);10-13H,9H2,1-8H3,(H,24,25)(H2,20,21,26);1-5H,6-7,11H2,(H,12,13);1H/t18-,19-,20-,21+;10-,11-,12-,13+;;/m00../s1. The number of hydrogen-bond donors (Lipinski definition) is 9. The van der Waals surface area contributed by atoms with Crippen molar-refractivity contribution in [3.8, 4) is 0 Å². The van der Waals surface area contributed by atoms with Crippen LogP contribution in [0.3, 0.4) is 0 Å². The summed E-state index contributed by atoms with van der Waals surface area (Å²) in [5.74, 6) is -3.43. The SMILES string of the molecule is CC(C)(C)NC(=O)N[C@H](C(=O)N1C[C@H]2[C@@H]([C@H]1C(=O)NC1(C(=O)NS(=O)(=O)c3ccccc3)CC1)C2(C)C)C(C)(C)C.CC(C)(C)NC(=O)N[C@H](C(=O)N1C[C@H]2[C@@H]([C@H]1C(=O)O)C2(C)C)C(C)(C)C.Cl.NC1(C(=O)NS(=O)(=O)c2ccccc2)CC1. The number of aliphatic carboxylic acids is 1. The zero-order valence-corrected chi connectivity index (χ0v) is 53.6. The number of carboxylic acid groups (broad SMARTS) is 1. The van der Waals surface area contributed by atoms with E-state index < -0.39 is 113 Å². The number of rotatable bonds is 13. The smallest absolute Gasteiger partial charge is 0.326 e. The van der Waals surface area contributed by atoms with Crippen molar-refractivity contribution in [3.63, 3.8) is 0 Å². The highest BCUT2D eigenvalue weighted by molar-refractivity contribution is 7.90. The molecule has 0 bridgehead atoms. The van der Waals surface area contributed by atoms with Gasteiger partial charge in [0.25, 0.3) is 31.9 Å². The van der Waals surface area contributed by atoms with E-state index in [0.717, 1.165) is 0 Å². The number of likely N-dealkylation sites (tertiary alicyclic amines) is 2. The molecule has 0 unspecified atom stereocenters. The topological polar surface area (TPSA) is 342 Å². The van der Waals surface area contributed by atoms with Crippen LogP contribution in [0.1, 0.15) is 136 Å². The van der Waals surface area contributed by atoms with Crippen LogP contribution >= 0.6 is 12.4 Å². The third kappa shape index (κ3) is 15.7. The molecule has 2 aromatic rings. The van der Waals surface area contributed by atoms with Gasteiger partial charge < -0.3 is 47.2 Å². The first-order chi connectivity index (χ1) is 37.7. The summed E-state index contributed by atoms with van der Waals surface area (Å²) < 4.78 is 53.0. The summed E-state index contributed by atoms with van der Waals surface area (Å²) in [5.41, 5.74) is 0.888. The van der Waals surface area contributed by atoms with E-state index in [1.54, 1.807) is 36.4 Å². The molecule has 0 spiro atoms. The second-order valence-electron chi connectivity index (χ2n) is 28.6. The molecule has 2 heterocycles. The van der Waals surface area contributed by atoms with Crippen LogP contribution in [0, 0.1) is 45.3 Å². The monoisotopic (exact) mass is 1230 g/mol. The Balaban J connectivity index is 0.000000255. The summed E-state index contributed by atoms with van der Waals surface area (Å²) in [6.45, 7) is 31.2. The van der Waals surface area contributed by atoms with Gasteiger partial charge in [-0.1, -0.05) is 106 Å². The maximum Gasteiger partial charge on any atom is 0.326 e. The van der Waals surface area contributed by atoms with Gasteiger partial charge in [-0.2, -0.15) is 0 Å². The molecule has 4 saturated carbocycles. The predicted molar refractivity (Wildman–Crippen MR) is 317 cm³/mol. The Hall–Kier alpha value is -6.05. The molecule has 4 aliphatic carbocycles. The normalized spacial score (nSPS) is 24.2. The Kier molecular flexibility index (Phi) is 19.4. The number of carboxylic acids is 1. The molecule has 2 saturated heterocycles. The molecule has 2 aliphatic heterocycles. The molecule has 8 atom stereocenters. The first-order valence-corrected chi connectivity index (χ1v) is 31.0. The highest BCUT2D eigenvalue weighted by Gasteiger charge is 2.71. The van der Waals surface area contributed by atoms with Crippen molar-refractivity contribution < 1.29 is 60.3 Å². The molecule has 2 aromatic carbocycles. The minimum Gasteiger partial charge on any atom is -0.480 e. The van der Waals surface area contributed by atoms with Crippen LogP contribution in [0.5, 0.6) is 0 Å². The van der Waals surface area contributed by atoms with Gasteiger partial charge in [-0.05, 0) is 131 Å². The highest BCUT2D eigenvalue weighted by atomic mass is 35.5. The number of hydrogen-bond acceptors (Lipinski definition) is 13. The summed E-state index contributed by atoms with van der Waals surface area (Å²) in [5, 5.41) is 23.7. The predicted octanol–water partition coefficient (Wildman–Crippen LogP) is 4.61. The average molecular weight is 1230 g/mol. The van der Waals surface area contributed by atoms with Crippen LogP contribution in [0.15, 0.2) is 70.5 Å². The molecule has 84 heavy (non-hydrogen) atoms. The molecule has 26 heteroatoms. The number of carbonyl (C=O) groups is 8. The lowest BCUT2D eigenvalue weighted by molar-refractivity contribution is -0.152. The van der Waals surface area contributed by atoms with Crippen LogP contribution in [-0.4, -0.2) is 139 Å². The van der Waals surface area contributed by atoms with E-state index in [-0.39, 0.29) is 81.4 Å². The number of nitrogens with one attached hydrogen (secondary N) is 7. The van der Waals surface area contributed by atoms with Crippen LogP contribution in [0.2, 0.25) is 0 Å². The van der Waals surface area contributed by atoms with E-state index in [0.29, 0.717) is 25.9 Å². The molecular formula is C58H89ClN10O13S2. The zero-order valence-electron chi connectivity index (χ0n) is 51.2. The quantitative estimate of drug-likeness (QED) is 0.132. The molecule has 10 N–H and O–H groups in total. The van der Waals surface area contributed by atoms with Gasteiger partial charge in [0.15, 0.2) is 0 Å². The lowest BCUT2D eigenvalue weighted by Gasteiger charge is -2.38. The molecule has 8 rings (SSSR count). The van der Waals surface area contributed by atoms with Crippen molar-refractivity contribution in [2.75, 3.05) is 13.1 Å². The fourth-order valence-corrected chi connectivity index (χ4v) is 13.4. The summed E-state index contributed by atoms with van der Waals surface area (Å²) >= 11 is 0. The van der Waals surface area contributed by atoms with Gasteiger partial charge in [0, 0.05) is 30.1 Å². The minimum atomic E-state index is -4.12. The van der Waals surface area contributed by atoms with Crippen LogP contribution < -0.4 is 41.8 Å². The first kappa shape index (κ1) is 68.7. The Morgan fingerprint density at radius 3 is 1.23 bits per heavy atom. The van der Waals surface area contributed by atoms with Crippen molar-refractivity contribution in [3.05, 3.63) is 60.7 Å². The zero-order chi connectivity index (χ0) is 62.8. The molecular weight excluding hydrogens is 1140 g/mol. The summed E-state index contributed by atoms with van der Waals surface area (Å²) in [7, 11) is -7.90. The van der Waals surface area contributed by atoms with E-state index in [4.69, 9.17) is 5.73 Å². The fourth-order valence-electron chi connectivity index (χ4n) is 11.2. The summed E-state index contributed by atoms with van der Waals surface area (Å²) in [6, 6.07) is 11.0. The second-order valence-corrected chi connectivity index (χ2v) is 32.0. The van der Waals surface area contributed by atoms with Gasteiger partial charge in [0.1, 0.15) is 29.7 Å². The van der Waals surface area contributed by atoms with Crippen molar-refractivity contribution in [1.29, 1.82) is 0 Å². The molecule has 9 amide bonds. The molecule has 23 nitrogen and oxygen atoms in total. The third-order valence-corrected chi connectivity index (χ3v) is 19.3. The molecule has 0 radical (unpaired) electrons. The minimum absolute atomic E-state index is 0. The number of benzene rings is 2.